The second-order valence-corrected chi connectivity index (χ2v) is 5.86. The molecule has 0 unspecified atom stereocenters. The lowest BCUT2D eigenvalue weighted by molar-refractivity contribution is 0.0632. The van der Waals surface area contributed by atoms with Crippen LogP contribution in [-0.2, 0) is 4.74 Å². The molecule has 120 valence electrons. The first kappa shape index (κ1) is 14.7. The van der Waals surface area contributed by atoms with Gasteiger partial charge in [-0.25, -0.2) is 0 Å². The first-order valence-electron chi connectivity index (χ1n) is 7.90. The number of amides is 2. The van der Waals surface area contributed by atoms with E-state index in [4.69, 9.17) is 11.2 Å². The number of imide groups is 1. The van der Waals surface area contributed by atoms with Crippen molar-refractivity contribution in [2.75, 3.05) is 37.7 Å². The zero-order valence-electron chi connectivity index (χ0n) is 13.1. The standard InChI is InChI=1S/C19H16N2O3/c1-2-8-21-18(22)14-5-3-4-13-16(20-9-11-24-12-10-20)7-6-15(17(13)14)19(21)23/h1,3-7H,8-12H2. The maximum atomic E-state index is 12.7. The molecule has 5 heteroatoms. The number of carbonyl (C=O) groups excluding carboxylic acids is 2. The van der Waals surface area contributed by atoms with Crippen molar-refractivity contribution in [2.45, 2.75) is 0 Å². The lowest BCUT2D eigenvalue weighted by atomic mass is 9.92. The van der Waals surface area contributed by atoms with Gasteiger partial charge in [0.15, 0.2) is 0 Å². The molecule has 2 aliphatic rings. The molecule has 0 aromatic heterocycles. The first-order chi connectivity index (χ1) is 11.7. The zero-order valence-corrected chi connectivity index (χ0v) is 13.1. The Bertz CT molecular complexity index is 869. The fourth-order valence-electron chi connectivity index (χ4n) is 3.45. The molecule has 2 amide bonds. The molecule has 2 aliphatic heterocycles. The number of nitrogens with zero attached hydrogens (tertiary/aromatic N) is 2. The van der Waals surface area contributed by atoms with Gasteiger partial charge < -0.3 is 9.64 Å². The number of terminal acetylenes is 1. The Kier molecular flexibility index (Phi) is 3.47. The molecule has 2 heterocycles. The van der Waals surface area contributed by atoms with Crippen LogP contribution in [0.15, 0.2) is 30.3 Å². The van der Waals surface area contributed by atoms with Crippen LogP contribution in [0.5, 0.6) is 0 Å². The van der Waals surface area contributed by atoms with Crippen LogP contribution < -0.4 is 4.90 Å². The fraction of sp³-hybridized carbons (Fsp3) is 0.263. The van der Waals surface area contributed by atoms with E-state index in [9.17, 15) is 9.59 Å². The van der Waals surface area contributed by atoms with E-state index in [0.29, 0.717) is 24.3 Å². The molecule has 0 radical (unpaired) electrons. The van der Waals surface area contributed by atoms with E-state index in [1.54, 1.807) is 12.1 Å². The molecule has 0 N–H and O–H groups in total. The molecule has 0 bridgehead atoms. The predicted molar refractivity (Wildman–Crippen MR) is 91.2 cm³/mol. The third kappa shape index (κ3) is 2.08. The highest BCUT2D eigenvalue weighted by atomic mass is 16.5. The number of ether oxygens (including phenoxy) is 1. The molecule has 2 aromatic carbocycles. The van der Waals surface area contributed by atoms with E-state index in [-0.39, 0.29) is 18.4 Å². The summed E-state index contributed by atoms with van der Waals surface area (Å²) >= 11 is 0. The Morgan fingerprint density at radius 2 is 1.75 bits per heavy atom. The quantitative estimate of drug-likeness (QED) is 0.626. The molecule has 1 fully saturated rings. The SMILES string of the molecule is C#CCN1C(=O)c2cccc3c(N4CCOCC4)ccc(c23)C1=O. The summed E-state index contributed by atoms with van der Waals surface area (Å²) in [5.74, 6) is 1.74. The number of rotatable bonds is 2. The van der Waals surface area contributed by atoms with Gasteiger partial charge in [0.05, 0.1) is 19.8 Å². The highest BCUT2D eigenvalue weighted by Crippen LogP contribution is 2.36. The lowest BCUT2D eigenvalue weighted by Gasteiger charge is -2.32. The van der Waals surface area contributed by atoms with Crippen LogP contribution in [0, 0.1) is 12.3 Å². The molecular weight excluding hydrogens is 304 g/mol. The molecule has 1 saturated heterocycles. The molecule has 0 saturated carbocycles. The number of hydrogen-bond donors (Lipinski definition) is 0. The first-order valence-corrected chi connectivity index (χ1v) is 7.90. The van der Waals surface area contributed by atoms with E-state index in [2.05, 4.69) is 10.8 Å². The molecule has 4 rings (SSSR count). The molecule has 24 heavy (non-hydrogen) atoms. The topological polar surface area (TPSA) is 49.9 Å². The largest absolute Gasteiger partial charge is 0.378 e. The number of benzene rings is 2. The Hall–Kier alpha value is -2.84. The average molecular weight is 320 g/mol. The third-order valence-electron chi connectivity index (χ3n) is 4.57. The van der Waals surface area contributed by atoms with Crippen molar-refractivity contribution in [2.24, 2.45) is 0 Å². The predicted octanol–water partition coefficient (Wildman–Crippen LogP) is 1.91. The maximum absolute atomic E-state index is 12.7. The van der Waals surface area contributed by atoms with Gasteiger partial charge in [-0.2, -0.15) is 0 Å². The van der Waals surface area contributed by atoms with Crippen molar-refractivity contribution >= 4 is 28.3 Å². The summed E-state index contributed by atoms with van der Waals surface area (Å²) in [5, 5.41) is 1.65. The Labute approximate surface area is 139 Å². The Morgan fingerprint density at radius 1 is 1.04 bits per heavy atom. The second kappa shape index (κ2) is 5.66. The monoisotopic (exact) mass is 320 g/mol. The number of anilines is 1. The summed E-state index contributed by atoms with van der Waals surface area (Å²) < 4.78 is 5.41. The van der Waals surface area contributed by atoms with Crippen molar-refractivity contribution in [3.8, 4) is 12.3 Å². The van der Waals surface area contributed by atoms with E-state index in [1.807, 2.05) is 18.2 Å². The molecule has 0 aliphatic carbocycles. The van der Waals surface area contributed by atoms with Crippen LogP contribution in [0.2, 0.25) is 0 Å². The summed E-state index contributed by atoms with van der Waals surface area (Å²) in [6.45, 7) is 2.93. The minimum Gasteiger partial charge on any atom is -0.378 e. The highest BCUT2D eigenvalue weighted by molar-refractivity contribution is 6.26. The number of morpholine rings is 1. The smallest absolute Gasteiger partial charge is 0.262 e. The third-order valence-corrected chi connectivity index (χ3v) is 4.57. The summed E-state index contributed by atoms with van der Waals surface area (Å²) in [6, 6.07) is 9.33. The summed E-state index contributed by atoms with van der Waals surface area (Å²) in [7, 11) is 0. The summed E-state index contributed by atoms with van der Waals surface area (Å²) in [4.78, 5) is 28.7. The van der Waals surface area contributed by atoms with Gasteiger partial charge >= 0.3 is 0 Å². The van der Waals surface area contributed by atoms with Gasteiger partial charge in [-0.05, 0) is 18.2 Å². The minimum atomic E-state index is -0.324. The molecule has 0 atom stereocenters. The van der Waals surface area contributed by atoms with Crippen LogP contribution in [0.1, 0.15) is 20.7 Å². The van der Waals surface area contributed by atoms with Gasteiger partial charge in [0.1, 0.15) is 0 Å². The van der Waals surface area contributed by atoms with Crippen LogP contribution >= 0.6 is 0 Å². The fourth-order valence-corrected chi connectivity index (χ4v) is 3.45. The lowest BCUT2D eigenvalue weighted by Crippen LogP contribution is -2.41. The maximum Gasteiger partial charge on any atom is 0.262 e. The molecule has 5 nitrogen and oxygen atoms in total. The van der Waals surface area contributed by atoms with E-state index in [0.717, 1.165) is 34.4 Å². The summed E-state index contributed by atoms with van der Waals surface area (Å²) in [6.07, 6.45) is 5.31. The molecule has 2 aromatic rings. The van der Waals surface area contributed by atoms with Gasteiger partial charge in [-0.1, -0.05) is 18.1 Å². The van der Waals surface area contributed by atoms with E-state index < -0.39 is 0 Å². The van der Waals surface area contributed by atoms with Gasteiger partial charge in [0.25, 0.3) is 11.8 Å². The van der Waals surface area contributed by atoms with Crippen LogP contribution in [0.25, 0.3) is 10.8 Å². The van der Waals surface area contributed by atoms with Crippen molar-refractivity contribution in [1.29, 1.82) is 0 Å². The highest BCUT2D eigenvalue weighted by Gasteiger charge is 2.33. The van der Waals surface area contributed by atoms with E-state index in [1.165, 1.54) is 0 Å². The second-order valence-electron chi connectivity index (χ2n) is 5.86. The van der Waals surface area contributed by atoms with Crippen molar-refractivity contribution in [3.63, 3.8) is 0 Å². The zero-order chi connectivity index (χ0) is 16.7. The minimum absolute atomic E-state index is 0.0152. The van der Waals surface area contributed by atoms with Gasteiger partial charge in [0.2, 0.25) is 0 Å². The normalized spacial score (nSPS) is 17.3. The van der Waals surface area contributed by atoms with Crippen LogP contribution in [0.3, 0.4) is 0 Å². The van der Waals surface area contributed by atoms with Gasteiger partial charge in [0, 0.05) is 40.7 Å². The van der Waals surface area contributed by atoms with Crippen LogP contribution in [0.4, 0.5) is 5.69 Å². The van der Waals surface area contributed by atoms with Crippen LogP contribution in [-0.4, -0.2) is 49.6 Å². The number of hydrogen-bond acceptors (Lipinski definition) is 4. The Morgan fingerprint density at radius 3 is 2.46 bits per heavy atom. The van der Waals surface area contributed by atoms with Crippen molar-refractivity contribution in [1.82, 2.24) is 4.90 Å². The van der Waals surface area contributed by atoms with Gasteiger partial charge in [-0.3, -0.25) is 14.5 Å². The van der Waals surface area contributed by atoms with Gasteiger partial charge in [-0.15, -0.1) is 6.42 Å². The average Bonchev–Trinajstić information content (AvgIpc) is 2.63. The van der Waals surface area contributed by atoms with E-state index >= 15 is 0 Å². The molecule has 0 spiro atoms. The summed E-state index contributed by atoms with van der Waals surface area (Å²) in [5.41, 5.74) is 2.10. The molecular formula is C19H16N2O3. The Balaban J connectivity index is 1.92. The number of carbonyl (C=O) groups is 2. The van der Waals surface area contributed by atoms with Crippen molar-refractivity contribution in [3.05, 3.63) is 41.5 Å². The van der Waals surface area contributed by atoms with Crippen molar-refractivity contribution < 1.29 is 14.3 Å².